The maximum Gasteiger partial charge on any atom is 0.347 e. The molecule has 0 aliphatic carbocycles. The van der Waals surface area contributed by atoms with Crippen LogP contribution in [-0.4, -0.2) is 24.7 Å². The van der Waals surface area contributed by atoms with E-state index in [4.69, 9.17) is 26.8 Å². The lowest BCUT2D eigenvalue weighted by Gasteiger charge is -2.17. The summed E-state index contributed by atoms with van der Waals surface area (Å²) in [5, 5.41) is 0.478. The second-order valence-corrected chi connectivity index (χ2v) is 5.12. The van der Waals surface area contributed by atoms with Gasteiger partial charge in [-0.25, -0.2) is 4.79 Å². The Hall–Kier alpha value is -1.26. The molecule has 5 heteroatoms. The van der Waals surface area contributed by atoms with Gasteiger partial charge < -0.3 is 15.2 Å². The van der Waals surface area contributed by atoms with Crippen molar-refractivity contribution in [1.29, 1.82) is 0 Å². The summed E-state index contributed by atoms with van der Waals surface area (Å²) in [5.74, 6) is 0.116. The van der Waals surface area contributed by atoms with Crippen LogP contribution in [0.3, 0.4) is 0 Å². The van der Waals surface area contributed by atoms with Crippen molar-refractivity contribution >= 4 is 17.6 Å². The molecule has 4 nitrogen and oxygen atoms in total. The molecule has 2 N–H and O–H groups in total. The van der Waals surface area contributed by atoms with Crippen LogP contribution < -0.4 is 10.5 Å². The van der Waals surface area contributed by atoms with Gasteiger partial charge in [0.2, 0.25) is 0 Å². The van der Waals surface area contributed by atoms with Crippen LogP contribution in [0, 0.1) is 0 Å². The first kappa shape index (κ1) is 16.8. The third-order valence-corrected chi connectivity index (χ3v) is 3.04. The molecule has 1 aromatic carbocycles. The SMILES string of the molecule is CCOC(=O)C(CC)Oc1ccc(CC(C)N)cc1Cl. The molecule has 112 valence electrons. The predicted octanol–water partition coefficient (Wildman–Crippen LogP) is 2.95. The van der Waals surface area contributed by atoms with E-state index < -0.39 is 6.10 Å². The number of carbonyl (C=O) groups excluding carboxylic acids is 1. The summed E-state index contributed by atoms with van der Waals surface area (Å²) in [7, 11) is 0. The summed E-state index contributed by atoms with van der Waals surface area (Å²) < 4.78 is 10.6. The smallest absolute Gasteiger partial charge is 0.347 e. The zero-order chi connectivity index (χ0) is 15.1. The fourth-order valence-electron chi connectivity index (χ4n) is 1.83. The Labute approximate surface area is 125 Å². The summed E-state index contributed by atoms with van der Waals surface area (Å²) >= 11 is 6.18. The van der Waals surface area contributed by atoms with Gasteiger partial charge in [0.05, 0.1) is 11.6 Å². The van der Waals surface area contributed by atoms with Crippen molar-refractivity contribution in [2.24, 2.45) is 5.73 Å². The molecule has 0 saturated carbocycles. The largest absolute Gasteiger partial charge is 0.477 e. The van der Waals surface area contributed by atoms with E-state index >= 15 is 0 Å². The van der Waals surface area contributed by atoms with Crippen molar-refractivity contribution in [3.05, 3.63) is 28.8 Å². The summed E-state index contributed by atoms with van der Waals surface area (Å²) in [6.07, 6.45) is 0.637. The Morgan fingerprint density at radius 3 is 2.60 bits per heavy atom. The lowest BCUT2D eigenvalue weighted by atomic mass is 10.1. The van der Waals surface area contributed by atoms with Crippen LogP contribution in [0.4, 0.5) is 0 Å². The van der Waals surface area contributed by atoms with Gasteiger partial charge in [-0.2, -0.15) is 0 Å². The first-order valence-electron chi connectivity index (χ1n) is 6.85. The molecule has 2 unspecified atom stereocenters. The molecule has 20 heavy (non-hydrogen) atoms. The number of carbonyl (C=O) groups is 1. The van der Waals surface area contributed by atoms with Crippen molar-refractivity contribution in [3.63, 3.8) is 0 Å². The van der Waals surface area contributed by atoms with Gasteiger partial charge in [-0.15, -0.1) is 0 Å². The lowest BCUT2D eigenvalue weighted by molar-refractivity contribution is -0.151. The number of hydrogen-bond acceptors (Lipinski definition) is 4. The van der Waals surface area contributed by atoms with Crippen LogP contribution in [0.1, 0.15) is 32.8 Å². The molecule has 0 amide bonds. The highest BCUT2D eigenvalue weighted by Gasteiger charge is 2.20. The van der Waals surface area contributed by atoms with Crippen molar-refractivity contribution in [2.75, 3.05) is 6.61 Å². The first-order chi connectivity index (χ1) is 9.47. The molecule has 0 spiro atoms. The molecule has 1 aromatic rings. The van der Waals surface area contributed by atoms with E-state index in [0.717, 1.165) is 12.0 Å². The third-order valence-electron chi connectivity index (χ3n) is 2.74. The molecule has 0 aliphatic heterocycles. The van der Waals surface area contributed by atoms with Gasteiger partial charge in [-0.05, 0) is 44.4 Å². The highest BCUT2D eigenvalue weighted by atomic mass is 35.5. The van der Waals surface area contributed by atoms with Gasteiger partial charge in [0, 0.05) is 6.04 Å². The van der Waals surface area contributed by atoms with Crippen molar-refractivity contribution in [1.82, 2.24) is 0 Å². The zero-order valence-electron chi connectivity index (χ0n) is 12.2. The minimum atomic E-state index is -0.633. The summed E-state index contributed by atoms with van der Waals surface area (Å²) in [6, 6.07) is 5.56. The highest BCUT2D eigenvalue weighted by molar-refractivity contribution is 6.32. The maximum absolute atomic E-state index is 11.7. The predicted molar refractivity (Wildman–Crippen MR) is 80.1 cm³/mol. The molecule has 0 heterocycles. The van der Waals surface area contributed by atoms with E-state index in [0.29, 0.717) is 23.8 Å². The second-order valence-electron chi connectivity index (χ2n) is 4.71. The normalized spacial score (nSPS) is 13.7. The van der Waals surface area contributed by atoms with Crippen LogP contribution in [0.15, 0.2) is 18.2 Å². The van der Waals surface area contributed by atoms with E-state index in [9.17, 15) is 4.79 Å². The minimum Gasteiger partial charge on any atom is -0.477 e. The fourth-order valence-corrected chi connectivity index (χ4v) is 2.07. The number of ether oxygens (including phenoxy) is 2. The molecule has 0 radical (unpaired) electrons. The average Bonchev–Trinajstić information content (AvgIpc) is 2.37. The summed E-state index contributed by atoms with van der Waals surface area (Å²) in [4.78, 5) is 11.7. The molecule has 0 aromatic heterocycles. The van der Waals surface area contributed by atoms with E-state index in [1.165, 1.54) is 0 Å². The molecule has 0 bridgehead atoms. The second kappa shape index (κ2) is 8.12. The Morgan fingerprint density at radius 2 is 2.10 bits per heavy atom. The quantitative estimate of drug-likeness (QED) is 0.786. The minimum absolute atomic E-state index is 0.0701. The third kappa shape index (κ3) is 5.02. The first-order valence-corrected chi connectivity index (χ1v) is 7.23. The molecule has 0 saturated heterocycles. The van der Waals surface area contributed by atoms with Crippen LogP contribution in [-0.2, 0) is 16.0 Å². The molecular formula is C15H22ClNO3. The van der Waals surface area contributed by atoms with Gasteiger partial charge in [0.1, 0.15) is 5.75 Å². The van der Waals surface area contributed by atoms with Gasteiger partial charge in [-0.3, -0.25) is 0 Å². The zero-order valence-corrected chi connectivity index (χ0v) is 12.9. The Balaban J connectivity index is 2.78. The molecule has 2 atom stereocenters. The van der Waals surface area contributed by atoms with Crippen LogP contribution >= 0.6 is 11.6 Å². The van der Waals surface area contributed by atoms with Crippen molar-refractivity contribution in [2.45, 2.75) is 45.8 Å². The average molecular weight is 300 g/mol. The monoisotopic (exact) mass is 299 g/mol. The number of halogens is 1. The Bertz CT molecular complexity index is 449. The maximum atomic E-state index is 11.7. The molecule has 1 rings (SSSR count). The topological polar surface area (TPSA) is 61.5 Å². The summed E-state index contributed by atoms with van der Waals surface area (Å²) in [5.41, 5.74) is 6.80. The molecular weight excluding hydrogens is 278 g/mol. The number of rotatable bonds is 7. The van der Waals surface area contributed by atoms with Gasteiger partial charge in [0.15, 0.2) is 6.10 Å². The van der Waals surface area contributed by atoms with E-state index in [1.807, 2.05) is 26.0 Å². The molecule has 0 fully saturated rings. The van der Waals surface area contributed by atoms with Gasteiger partial charge >= 0.3 is 5.97 Å². The number of hydrogen-bond donors (Lipinski definition) is 1. The van der Waals surface area contributed by atoms with Crippen molar-refractivity contribution in [3.8, 4) is 5.75 Å². The van der Waals surface area contributed by atoms with Gasteiger partial charge in [0.25, 0.3) is 0 Å². The molecule has 0 aliphatic rings. The van der Waals surface area contributed by atoms with Crippen LogP contribution in [0.5, 0.6) is 5.75 Å². The number of nitrogens with two attached hydrogens (primary N) is 1. The van der Waals surface area contributed by atoms with Gasteiger partial charge in [-0.1, -0.05) is 24.6 Å². The van der Waals surface area contributed by atoms with E-state index in [2.05, 4.69) is 0 Å². The Kier molecular flexibility index (Phi) is 6.82. The van der Waals surface area contributed by atoms with Crippen LogP contribution in [0.25, 0.3) is 0 Å². The lowest BCUT2D eigenvalue weighted by Crippen LogP contribution is -2.28. The van der Waals surface area contributed by atoms with E-state index in [-0.39, 0.29) is 12.0 Å². The van der Waals surface area contributed by atoms with Crippen LogP contribution in [0.2, 0.25) is 5.02 Å². The fraction of sp³-hybridized carbons (Fsp3) is 0.533. The van der Waals surface area contributed by atoms with E-state index in [1.54, 1.807) is 13.0 Å². The number of esters is 1. The van der Waals surface area contributed by atoms with Crippen molar-refractivity contribution < 1.29 is 14.3 Å². The highest BCUT2D eigenvalue weighted by Crippen LogP contribution is 2.27. The summed E-state index contributed by atoms with van der Waals surface area (Å²) in [6.45, 7) is 5.90. The Morgan fingerprint density at radius 1 is 1.40 bits per heavy atom. The standard InChI is InChI=1S/C15H22ClNO3/c1-4-13(15(18)19-5-2)20-14-7-6-11(8-10(3)17)9-12(14)16/h6-7,9-10,13H,4-5,8,17H2,1-3H3. The number of benzene rings is 1.